The van der Waals surface area contributed by atoms with Crippen LogP contribution in [-0.4, -0.2) is 17.2 Å². The van der Waals surface area contributed by atoms with Crippen LogP contribution >= 0.6 is 0 Å². The lowest BCUT2D eigenvalue weighted by atomic mass is 9.85. The van der Waals surface area contributed by atoms with Crippen LogP contribution in [0.4, 0.5) is 13.2 Å². The maximum atomic E-state index is 12.8. The molecule has 0 saturated carbocycles. The number of carbonyl (C=O) groups excluding carboxylic acids is 1. The van der Waals surface area contributed by atoms with E-state index in [-0.39, 0.29) is 5.56 Å². The molecular weight excluding hydrogens is 381 g/mol. The van der Waals surface area contributed by atoms with E-state index in [0.29, 0.717) is 11.1 Å². The third kappa shape index (κ3) is 4.52. The van der Waals surface area contributed by atoms with Crippen LogP contribution in [0.1, 0.15) is 22.3 Å². The molecule has 0 fully saturated rings. The molecule has 0 saturated heterocycles. The van der Waals surface area contributed by atoms with Crippen molar-refractivity contribution in [2.45, 2.75) is 11.8 Å². The van der Waals surface area contributed by atoms with Gasteiger partial charge < -0.3 is 5.11 Å². The second-order valence-electron chi connectivity index (χ2n) is 6.26. The summed E-state index contributed by atoms with van der Waals surface area (Å²) in [5.41, 5.74) is 0.203. The van der Waals surface area contributed by atoms with Gasteiger partial charge in [0.25, 0.3) is 5.91 Å². The summed E-state index contributed by atoms with van der Waals surface area (Å²) in [7, 11) is 0. The van der Waals surface area contributed by atoms with Gasteiger partial charge in [-0.25, -0.2) is 5.43 Å². The van der Waals surface area contributed by atoms with Crippen LogP contribution in [0.3, 0.4) is 0 Å². The van der Waals surface area contributed by atoms with E-state index >= 15 is 0 Å². The van der Waals surface area contributed by atoms with Gasteiger partial charge >= 0.3 is 6.18 Å². The zero-order valence-corrected chi connectivity index (χ0v) is 15.1. The molecule has 0 heterocycles. The van der Waals surface area contributed by atoms with Crippen LogP contribution in [0.25, 0.3) is 0 Å². The summed E-state index contributed by atoms with van der Waals surface area (Å²) in [6.07, 6.45) is -3.39. The Bertz CT molecular complexity index is 964. The van der Waals surface area contributed by atoms with E-state index in [1.807, 2.05) is 0 Å². The highest BCUT2D eigenvalue weighted by Crippen LogP contribution is 2.30. The van der Waals surface area contributed by atoms with Crippen molar-refractivity contribution >= 4 is 12.1 Å². The summed E-state index contributed by atoms with van der Waals surface area (Å²) >= 11 is 0. The SMILES string of the molecule is O=C(N/N=C/c1cccc(C(F)(F)F)c1)C(O)(c1ccccc1)c1ccccc1. The molecule has 0 atom stereocenters. The molecule has 3 rings (SSSR count). The molecule has 0 aliphatic carbocycles. The van der Waals surface area contributed by atoms with E-state index in [1.165, 1.54) is 12.1 Å². The van der Waals surface area contributed by atoms with Gasteiger partial charge in [-0.1, -0.05) is 72.8 Å². The van der Waals surface area contributed by atoms with Crippen molar-refractivity contribution < 1.29 is 23.1 Å². The van der Waals surface area contributed by atoms with E-state index in [9.17, 15) is 23.1 Å². The van der Waals surface area contributed by atoms with E-state index in [1.54, 1.807) is 60.7 Å². The Morgan fingerprint density at radius 2 is 1.34 bits per heavy atom. The fourth-order valence-corrected chi connectivity index (χ4v) is 2.83. The van der Waals surface area contributed by atoms with Crippen molar-refractivity contribution in [3.8, 4) is 0 Å². The largest absolute Gasteiger partial charge is 0.416 e. The number of halogens is 3. The number of benzene rings is 3. The topological polar surface area (TPSA) is 61.7 Å². The van der Waals surface area contributed by atoms with E-state index < -0.39 is 23.2 Å². The highest BCUT2D eigenvalue weighted by molar-refractivity contribution is 5.91. The van der Waals surface area contributed by atoms with Crippen molar-refractivity contribution in [3.05, 3.63) is 107 Å². The molecule has 29 heavy (non-hydrogen) atoms. The fourth-order valence-electron chi connectivity index (χ4n) is 2.83. The van der Waals surface area contributed by atoms with Crippen molar-refractivity contribution in [1.29, 1.82) is 0 Å². The van der Waals surface area contributed by atoms with Crippen molar-refractivity contribution in [2.75, 3.05) is 0 Å². The Morgan fingerprint density at radius 1 is 0.828 bits per heavy atom. The highest BCUT2D eigenvalue weighted by Gasteiger charge is 2.39. The summed E-state index contributed by atoms with van der Waals surface area (Å²) in [5.74, 6) is -0.835. The smallest absolute Gasteiger partial charge is 0.372 e. The average Bonchev–Trinajstić information content (AvgIpc) is 2.74. The third-order valence-corrected chi connectivity index (χ3v) is 4.31. The lowest BCUT2D eigenvalue weighted by Crippen LogP contribution is -2.43. The van der Waals surface area contributed by atoms with Crippen molar-refractivity contribution in [3.63, 3.8) is 0 Å². The van der Waals surface area contributed by atoms with E-state index in [2.05, 4.69) is 10.5 Å². The monoisotopic (exact) mass is 398 g/mol. The number of aliphatic hydroxyl groups is 1. The minimum atomic E-state index is -4.48. The maximum absolute atomic E-state index is 12.8. The summed E-state index contributed by atoms with van der Waals surface area (Å²) in [4.78, 5) is 12.8. The molecule has 3 aromatic carbocycles. The maximum Gasteiger partial charge on any atom is 0.416 e. The molecule has 4 nitrogen and oxygen atoms in total. The number of nitrogens with one attached hydrogen (secondary N) is 1. The molecule has 0 spiro atoms. The summed E-state index contributed by atoms with van der Waals surface area (Å²) in [6, 6.07) is 21.2. The zero-order chi connectivity index (χ0) is 20.9. The van der Waals surface area contributed by atoms with Crippen LogP contribution in [0.15, 0.2) is 90.0 Å². The molecule has 2 N–H and O–H groups in total. The van der Waals surface area contributed by atoms with Gasteiger partial charge in [0.1, 0.15) is 0 Å². The van der Waals surface area contributed by atoms with Gasteiger partial charge in [-0.05, 0) is 28.8 Å². The quantitative estimate of drug-likeness (QED) is 0.502. The number of amides is 1. The number of nitrogens with zero attached hydrogens (tertiary/aromatic N) is 1. The molecule has 0 radical (unpaired) electrons. The predicted molar refractivity (Wildman–Crippen MR) is 103 cm³/mol. The highest BCUT2D eigenvalue weighted by atomic mass is 19.4. The molecule has 7 heteroatoms. The lowest BCUT2D eigenvalue weighted by molar-refractivity contribution is -0.138. The van der Waals surface area contributed by atoms with Crippen LogP contribution in [0.2, 0.25) is 0 Å². The van der Waals surface area contributed by atoms with Gasteiger partial charge in [0, 0.05) is 0 Å². The first-order valence-electron chi connectivity index (χ1n) is 8.66. The molecule has 0 aromatic heterocycles. The molecule has 148 valence electrons. The molecule has 0 bridgehead atoms. The zero-order valence-electron chi connectivity index (χ0n) is 15.1. The number of alkyl halides is 3. The molecule has 0 unspecified atom stereocenters. The number of hydrogen-bond donors (Lipinski definition) is 2. The minimum absolute atomic E-state index is 0.156. The standard InChI is InChI=1S/C22H17F3N2O2/c23-22(24,25)19-13-7-8-16(14-19)15-26-27-20(28)21(29,17-9-3-1-4-10-17)18-11-5-2-6-12-18/h1-15,29H,(H,27,28)/b26-15+. The first-order chi connectivity index (χ1) is 13.8. The fraction of sp³-hybridized carbons (Fsp3) is 0.0909. The Balaban J connectivity index is 1.86. The summed E-state index contributed by atoms with van der Waals surface area (Å²) in [5, 5.41) is 15.0. The number of rotatable bonds is 5. The van der Waals surface area contributed by atoms with Gasteiger partial charge in [-0.3, -0.25) is 4.79 Å². The minimum Gasteiger partial charge on any atom is -0.372 e. The van der Waals surface area contributed by atoms with Crippen molar-refractivity contribution in [2.24, 2.45) is 5.10 Å². The summed E-state index contributed by atoms with van der Waals surface area (Å²) < 4.78 is 38.4. The molecule has 1 amide bonds. The average molecular weight is 398 g/mol. The van der Waals surface area contributed by atoms with E-state index in [0.717, 1.165) is 18.3 Å². The van der Waals surface area contributed by atoms with Crippen LogP contribution < -0.4 is 5.43 Å². The Kier molecular flexibility index (Phi) is 5.79. The van der Waals surface area contributed by atoms with Gasteiger partial charge in [0.2, 0.25) is 0 Å². The predicted octanol–water partition coefficient (Wildman–Crippen LogP) is 4.09. The molecule has 0 aliphatic rings. The van der Waals surface area contributed by atoms with Gasteiger partial charge in [0.05, 0.1) is 11.8 Å². The van der Waals surface area contributed by atoms with Crippen molar-refractivity contribution in [1.82, 2.24) is 5.43 Å². The van der Waals surface area contributed by atoms with Crippen LogP contribution in [-0.2, 0) is 16.6 Å². The van der Waals surface area contributed by atoms with Crippen LogP contribution in [0, 0.1) is 0 Å². The van der Waals surface area contributed by atoms with Gasteiger partial charge in [0.15, 0.2) is 5.60 Å². The molecule has 0 aliphatic heterocycles. The van der Waals surface area contributed by atoms with Gasteiger partial charge in [-0.2, -0.15) is 18.3 Å². The normalized spacial score (nSPS) is 12.1. The Labute approximate surface area is 165 Å². The number of carbonyl (C=O) groups is 1. The first-order valence-corrected chi connectivity index (χ1v) is 8.66. The third-order valence-electron chi connectivity index (χ3n) is 4.31. The molecule has 3 aromatic rings. The number of hydrogen-bond acceptors (Lipinski definition) is 3. The second-order valence-corrected chi connectivity index (χ2v) is 6.26. The van der Waals surface area contributed by atoms with E-state index in [4.69, 9.17) is 0 Å². The Morgan fingerprint density at radius 3 is 1.86 bits per heavy atom. The Hall–Kier alpha value is -3.45. The summed E-state index contributed by atoms with van der Waals surface area (Å²) in [6.45, 7) is 0. The number of hydrazone groups is 1. The molecular formula is C22H17F3N2O2. The van der Waals surface area contributed by atoms with Crippen LogP contribution in [0.5, 0.6) is 0 Å². The van der Waals surface area contributed by atoms with Gasteiger partial charge in [-0.15, -0.1) is 0 Å². The first kappa shape index (κ1) is 20.3. The second kappa shape index (κ2) is 8.28. The lowest BCUT2D eigenvalue weighted by Gasteiger charge is -2.27.